The Morgan fingerprint density at radius 2 is 2.50 bits per heavy atom. The summed E-state index contributed by atoms with van der Waals surface area (Å²) in [7, 11) is 1.74. The van der Waals surface area contributed by atoms with E-state index in [1.54, 1.807) is 13.1 Å². The zero-order valence-corrected chi connectivity index (χ0v) is 8.64. The summed E-state index contributed by atoms with van der Waals surface area (Å²) in [5, 5.41) is 22.1. The summed E-state index contributed by atoms with van der Waals surface area (Å²) in [6.07, 6.45) is 1.24. The van der Waals surface area contributed by atoms with Gasteiger partial charge in [0.25, 0.3) is 5.88 Å². The number of nitrogens with zero attached hydrogens (tertiary/aromatic N) is 3. The van der Waals surface area contributed by atoms with Gasteiger partial charge in [-0.25, -0.2) is 4.98 Å². The van der Waals surface area contributed by atoms with Gasteiger partial charge in [-0.3, -0.25) is 10.1 Å². The molecule has 0 atom stereocenters. The molecular formula is C9H10N4O3. The number of aromatic nitrogens is 1. The van der Waals surface area contributed by atoms with Crippen LogP contribution in [0.3, 0.4) is 0 Å². The third-order valence-electron chi connectivity index (χ3n) is 1.75. The number of ether oxygens (including phenoxy) is 1. The second-order valence-electron chi connectivity index (χ2n) is 2.87. The number of nitriles is 1. The van der Waals surface area contributed by atoms with Crippen LogP contribution in [0.5, 0.6) is 5.88 Å². The van der Waals surface area contributed by atoms with Gasteiger partial charge in [-0.05, 0) is 7.05 Å². The maximum Gasteiger partial charge on any atom is 0.332 e. The maximum atomic E-state index is 10.7. The third-order valence-corrected chi connectivity index (χ3v) is 1.75. The molecule has 7 heteroatoms. The minimum absolute atomic E-state index is 0.0701. The van der Waals surface area contributed by atoms with Gasteiger partial charge in [0.1, 0.15) is 12.7 Å². The standard InChI is InChI=1S/C9H10N4O3/c1-11-2-3-16-9-8(13(14)15)4-7(5-10)6-12-9/h4,6,11H,2-3H2,1H3. The fourth-order valence-corrected chi connectivity index (χ4v) is 0.994. The molecule has 1 rings (SSSR count). The zero-order valence-electron chi connectivity index (χ0n) is 8.64. The molecule has 0 spiro atoms. The van der Waals surface area contributed by atoms with Gasteiger partial charge in [0, 0.05) is 18.8 Å². The first-order chi connectivity index (χ1) is 7.69. The number of rotatable bonds is 5. The predicted octanol–water partition coefficient (Wildman–Crippen LogP) is 0.460. The van der Waals surface area contributed by atoms with Gasteiger partial charge in [0.05, 0.1) is 10.5 Å². The highest BCUT2D eigenvalue weighted by Gasteiger charge is 2.17. The van der Waals surface area contributed by atoms with Gasteiger partial charge in [0.2, 0.25) is 0 Å². The lowest BCUT2D eigenvalue weighted by atomic mass is 10.3. The van der Waals surface area contributed by atoms with E-state index in [-0.39, 0.29) is 23.7 Å². The van der Waals surface area contributed by atoms with Crippen LogP contribution in [-0.4, -0.2) is 30.1 Å². The molecule has 84 valence electrons. The summed E-state index contributed by atoms with van der Waals surface area (Å²) in [5.41, 5.74) is -0.164. The number of hydrogen-bond donors (Lipinski definition) is 1. The molecule has 0 aliphatic carbocycles. The smallest absolute Gasteiger partial charge is 0.332 e. The summed E-state index contributed by atoms with van der Waals surface area (Å²) in [4.78, 5) is 13.8. The van der Waals surface area contributed by atoms with Crippen molar-refractivity contribution in [3.8, 4) is 11.9 Å². The lowest BCUT2D eigenvalue weighted by molar-refractivity contribution is -0.386. The van der Waals surface area contributed by atoms with Crippen LogP contribution in [0.1, 0.15) is 5.56 Å². The molecule has 1 aromatic rings. The maximum absolute atomic E-state index is 10.7. The molecule has 0 fully saturated rings. The molecule has 1 heterocycles. The molecule has 0 radical (unpaired) electrons. The molecule has 0 saturated heterocycles. The van der Waals surface area contributed by atoms with E-state index in [1.807, 2.05) is 0 Å². The van der Waals surface area contributed by atoms with Crippen molar-refractivity contribution in [3.05, 3.63) is 27.9 Å². The van der Waals surface area contributed by atoms with Crippen molar-refractivity contribution in [1.82, 2.24) is 10.3 Å². The first kappa shape index (κ1) is 11.9. The van der Waals surface area contributed by atoms with E-state index in [2.05, 4.69) is 10.3 Å². The van der Waals surface area contributed by atoms with Crippen molar-refractivity contribution in [2.75, 3.05) is 20.2 Å². The Labute approximate surface area is 91.8 Å². The van der Waals surface area contributed by atoms with Gasteiger partial charge in [-0.1, -0.05) is 0 Å². The molecule has 0 bridgehead atoms. The molecule has 0 aromatic carbocycles. The Bertz CT molecular complexity index is 427. The van der Waals surface area contributed by atoms with Gasteiger partial charge in [0.15, 0.2) is 0 Å². The molecule has 16 heavy (non-hydrogen) atoms. The van der Waals surface area contributed by atoms with Crippen molar-refractivity contribution in [1.29, 1.82) is 5.26 Å². The number of nitrogens with one attached hydrogen (secondary N) is 1. The van der Waals surface area contributed by atoms with E-state index in [0.29, 0.717) is 6.54 Å². The highest BCUT2D eigenvalue weighted by atomic mass is 16.6. The van der Waals surface area contributed by atoms with Crippen LogP contribution in [0, 0.1) is 21.4 Å². The molecule has 1 N–H and O–H groups in total. The number of hydrogen-bond acceptors (Lipinski definition) is 6. The summed E-state index contributed by atoms with van der Waals surface area (Å²) in [6.45, 7) is 0.828. The van der Waals surface area contributed by atoms with E-state index >= 15 is 0 Å². The molecule has 1 aromatic heterocycles. The average Bonchev–Trinajstić information content (AvgIpc) is 2.29. The molecule has 7 nitrogen and oxygen atoms in total. The van der Waals surface area contributed by atoms with E-state index in [4.69, 9.17) is 10.00 Å². The van der Waals surface area contributed by atoms with E-state index < -0.39 is 4.92 Å². The Hall–Kier alpha value is -2.20. The fraction of sp³-hybridized carbons (Fsp3) is 0.333. The van der Waals surface area contributed by atoms with Crippen molar-refractivity contribution in [2.24, 2.45) is 0 Å². The summed E-state index contributed by atoms with van der Waals surface area (Å²) >= 11 is 0. The second kappa shape index (κ2) is 5.63. The van der Waals surface area contributed by atoms with Crippen LogP contribution in [0.4, 0.5) is 5.69 Å². The molecular weight excluding hydrogens is 212 g/mol. The lowest BCUT2D eigenvalue weighted by Crippen LogP contribution is -2.16. The summed E-state index contributed by atoms with van der Waals surface area (Å²) in [6, 6.07) is 2.92. The Balaban J connectivity index is 2.91. The van der Waals surface area contributed by atoms with Gasteiger partial charge in [-0.15, -0.1) is 0 Å². The normalized spacial score (nSPS) is 9.50. The van der Waals surface area contributed by atoms with Crippen LogP contribution < -0.4 is 10.1 Å². The third kappa shape index (κ3) is 2.90. The van der Waals surface area contributed by atoms with Crippen LogP contribution >= 0.6 is 0 Å². The van der Waals surface area contributed by atoms with E-state index in [9.17, 15) is 10.1 Å². The minimum atomic E-state index is -0.622. The molecule has 0 aliphatic heterocycles. The number of likely N-dealkylation sites (N-methyl/N-ethyl adjacent to an activating group) is 1. The molecule has 0 saturated carbocycles. The van der Waals surface area contributed by atoms with Crippen LogP contribution in [0.15, 0.2) is 12.3 Å². The van der Waals surface area contributed by atoms with E-state index in [1.165, 1.54) is 6.20 Å². The highest BCUT2D eigenvalue weighted by Crippen LogP contribution is 2.24. The quantitative estimate of drug-likeness (QED) is 0.441. The average molecular weight is 222 g/mol. The Morgan fingerprint density at radius 3 is 3.06 bits per heavy atom. The van der Waals surface area contributed by atoms with E-state index in [0.717, 1.165) is 6.07 Å². The summed E-state index contributed by atoms with van der Waals surface area (Å²) in [5.74, 6) is -0.0701. The van der Waals surface area contributed by atoms with Crippen LogP contribution in [0.2, 0.25) is 0 Å². The summed E-state index contributed by atoms with van der Waals surface area (Å²) < 4.78 is 5.11. The first-order valence-corrected chi connectivity index (χ1v) is 4.51. The number of pyridine rings is 1. The van der Waals surface area contributed by atoms with Crippen molar-refractivity contribution >= 4 is 5.69 Å². The Morgan fingerprint density at radius 1 is 1.75 bits per heavy atom. The molecule has 0 amide bonds. The largest absolute Gasteiger partial charge is 0.471 e. The van der Waals surface area contributed by atoms with Crippen LogP contribution in [-0.2, 0) is 0 Å². The minimum Gasteiger partial charge on any atom is -0.471 e. The zero-order chi connectivity index (χ0) is 12.0. The fourth-order valence-electron chi connectivity index (χ4n) is 0.994. The first-order valence-electron chi connectivity index (χ1n) is 4.51. The van der Waals surface area contributed by atoms with Crippen LogP contribution in [0.25, 0.3) is 0 Å². The lowest BCUT2D eigenvalue weighted by Gasteiger charge is -2.04. The monoisotopic (exact) mass is 222 g/mol. The van der Waals surface area contributed by atoms with Crippen molar-refractivity contribution < 1.29 is 9.66 Å². The van der Waals surface area contributed by atoms with Crippen molar-refractivity contribution in [2.45, 2.75) is 0 Å². The topological polar surface area (TPSA) is 101 Å². The Kier molecular flexibility index (Phi) is 4.17. The van der Waals surface area contributed by atoms with Gasteiger partial charge >= 0.3 is 5.69 Å². The van der Waals surface area contributed by atoms with Crippen molar-refractivity contribution in [3.63, 3.8) is 0 Å². The SMILES string of the molecule is CNCCOc1ncc(C#N)cc1[N+](=O)[O-]. The van der Waals surface area contributed by atoms with Gasteiger partial charge < -0.3 is 10.1 Å². The highest BCUT2D eigenvalue weighted by molar-refractivity contribution is 5.46. The molecule has 0 aliphatic rings. The van der Waals surface area contributed by atoms with Gasteiger partial charge in [-0.2, -0.15) is 5.26 Å². The predicted molar refractivity (Wildman–Crippen MR) is 55.0 cm³/mol. The second-order valence-corrected chi connectivity index (χ2v) is 2.87. The number of nitro groups is 1. The molecule has 0 unspecified atom stereocenters.